The summed E-state index contributed by atoms with van der Waals surface area (Å²) in [6, 6.07) is 7.51. The number of rotatable bonds is 3. The van der Waals surface area contributed by atoms with Crippen LogP contribution in [0.2, 0.25) is 5.02 Å². The molecule has 1 aliphatic rings. The van der Waals surface area contributed by atoms with Crippen LogP contribution in [0, 0.1) is 0 Å². The van der Waals surface area contributed by atoms with E-state index in [-0.39, 0.29) is 0 Å². The smallest absolute Gasteiger partial charge is 0.209 e. The number of oxazole rings is 1. The SMILES string of the molecule is CC1(O)CCN(Cc2ncc(-c3cccc(Cl)c3)o2)C1. The average Bonchev–Trinajstić information content (AvgIpc) is 2.97. The second-order valence-electron chi connectivity index (χ2n) is 5.59. The van der Waals surface area contributed by atoms with E-state index in [0.29, 0.717) is 29.8 Å². The van der Waals surface area contributed by atoms with Crippen molar-refractivity contribution in [1.29, 1.82) is 0 Å². The molecule has 1 fully saturated rings. The molecule has 3 rings (SSSR count). The van der Waals surface area contributed by atoms with E-state index < -0.39 is 5.60 Å². The Morgan fingerprint density at radius 2 is 2.35 bits per heavy atom. The molecule has 2 aromatic rings. The van der Waals surface area contributed by atoms with Crippen molar-refractivity contribution in [3.05, 3.63) is 41.4 Å². The van der Waals surface area contributed by atoms with E-state index in [0.717, 1.165) is 18.5 Å². The van der Waals surface area contributed by atoms with Gasteiger partial charge in [0.05, 0.1) is 18.3 Å². The molecule has 1 unspecified atom stereocenters. The van der Waals surface area contributed by atoms with Crippen molar-refractivity contribution in [3.8, 4) is 11.3 Å². The van der Waals surface area contributed by atoms with E-state index >= 15 is 0 Å². The minimum absolute atomic E-state index is 0.595. The van der Waals surface area contributed by atoms with Gasteiger partial charge in [-0.15, -0.1) is 0 Å². The first-order valence-electron chi connectivity index (χ1n) is 6.67. The summed E-state index contributed by atoms with van der Waals surface area (Å²) in [5.74, 6) is 1.38. The zero-order valence-electron chi connectivity index (χ0n) is 11.3. The second-order valence-corrected chi connectivity index (χ2v) is 6.02. The molecule has 1 aromatic heterocycles. The van der Waals surface area contributed by atoms with Crippen molar-refractivity contribution < 1.29 is 9.52 Å². The fourth-order valence-corrected chi connectivity index (χ4v) is 2.71. The molecular weight excluding hydrogens is 276 g/mol. The number of aromatic nitrogens is 1. The van der Waals surface area contributed by atoms with Crippen LogP contribution in [0.15, 0.2) is 34.9 Å². The Morgan fingerprint density at radius 1 is 1.50 bits per heavy atom. The molecule has 0 spiro atoms. The number of aliphatic hydroxyl groups is 1. The van der Waals surface area contributed by atoms with Crippen LogP contribution in [-0.4, -0.2) is 33.7 Å². The van der Waals surface area contributed by atoms with Gasteiger partial charge in [-0.1, -0.05) is 23.7 Å². The van der Waals surface area contributed by atoms with Gasteiger partial charge in [-0.3, -0.25) is 4.90 Å². The van der Waals surface area contributed by atoms with Crippen molar-refractivity contribution in [3.63, 3.8) is 0 Å². The third-order valence-corrected chi connectivity index (χ3v) is 3.79. The maximum absolute atomic E-state index is 9.95. The Bertz CT molecular complexity index is 609. The maximum atomic E-state index is 9.95. The molecule has 1 N–H and O–H groups in total. The Kier molecular flexibility index (Phi) is 3.54. The first-order valence-corrected chi connectivity index (χ1v) is 7.05. The van der Waals surface area contributed by atoms with Crippen LogP contribution in [0.5, 0.6) is 0 Å². The number of hydrogen-bond donors (Lipinski definition) is 1. The number of nitrogens with zero attached hydrogens (tertiary/aromatic N) is 2. The van der Waals surface area contributed by atoms with Crippen molar-refractivity contribution >= 4 is 11.6 Å². The van der Waals surface area contributed by atoms with Crippen LogP contribution in [-0.2, 0) is 6.54 Å². The standard InChI is InChI=1S/C15H17ClN2O2/c1-15(19)5-6-18(10-15)9-14-17-8-13(20-14)11-3-2-4-12(16)7-11/h2-4,7-8,19H,5-6,9-10H2,1H3. The van der Waals surface area contributed by atoms with Gasteiger partial charge >= 0.3 is 0 Å². The lowest BCUT2D eigenvalue weighted by molar-refractivity contribution is 0.0668. The molecule has 106 valence electrons. The predicted molar refractivity (Wildman–Crippen MR) is 77.5 cm³/mol. The summed E-state index contributed by atoms with van der Waals surface area (Å²) < 4.78 is 5.76. The molecule has 0 aliphatic carbocycles. The zero-order chi connectivity index (χ0) is 14.2. The third kappa shape index (κ3) is 3.03. The highest BCUT2D eigenvalue weighted by atomic mass is 35.5. The van der Waals surface area contributed by atoms with Crippen LogP contribution < -0.4 is 0 Å². The molecule has 4 nitrogen and oxygen atoms in total. The van der Waals surface area contributed by atoms with Crippen LogP contribution in [0.1, 0.15) is 19.2 Å². The molecule has 1 saturated heterocycles. The van der Waals surface area contributed by atoms with E-state index in [2.05, 4.69) is 9.88 Å². The van der Waals surface area contributed by atoms with E-state index in [9.17, 15) is 5.11 Å². The van der Waals surface area contributed by atoms with Gasteiger partial charge in [-0.05, 0) is 25.5 Å². The topological polar surface area (TPSA) is 49.5 Å². The van der Waals surface area contributed by atoms with Gasteiger partial charge in [-0.2, -0.15) is 0 Å². The number of likely N-dealkylation sites (tertiary alicyclic amines) is 1. The van der Waals surface area contributed by atoms with Crippen LogP contribution >= 0.6 is 11.6 Å². The molecule has 1 aliphatic heterocycles. The Labute approximate surface area is 123 Å². The van der Waals surface area contributed by atoms with E-state index in [1.54, 1.807) is 6.20 Å². The van der Waals surface area contributed by atoms with Crippen molar-refractivity contribution in [1.82, 2.24) is 9.88 Å². The van der Waals surface area contributed by atoms with Gasteiger partial charge in [-0.25, -0.2) is 4.98 Å². The number of β-amino-alcohol motifs (C(OH)–C–C–N with tert-alkyl or cyclic N) is 1. The minimum atomic E-state index is -0.595. The molecule has 2 heterocycles. The average molecular weight is 293 g/mol. The van der Waals surface area contributed by atoms with Gasteiger partial charge in [0.25, 0.3) is 0 Å². The maximum Gasteiger partial charge on any atom is 0.209 e. The second kappa shape index (κ2) is 5.20. The van der Waals surface area contributed by atoms with Crippen LogP contribution in [0.4, 0.5) is 0 Å². The van der Waals surface area contributed by atoms with Gasteiger partial charge in [0, 0.05) is 23.7 Å². The highest BCUT2D eigenvalue weighted by molar-refractivity contribution is 6.30. The van der Waals surface area contributed by atoms with E-state index in [4.69, 9.17) is 16.0 Å². The predicted octanol–water partition coefficient (Wildman–Crippen LogP) is 2.95. The molecule has 0 radical (unpaired) electrons. The molecule has 1 atom stereocenters. The lowest BCUT2D eigenvalue weighted by Crippen LogP contribution is -2.29. The van der Waals surface area contributed by atoms with Gasteiger partial charge < -0.3 is 9.52 Å². The molecule has 0 amide bonds. The van der Waals surface area contributed by atoms with Gasteiger partial charge in [0.2, 0.25) is 5.89 Å². The quantitative estimate of drug-likeness (QED) is 0.945. The summed E-state index contributed by atoms with van der Waals surface area (Å²) >= 11 is 5.97. The molecular formula is C15H17ClN2O2. The first-order chi connectivity index (χ1) is 9.52. The summed E-state index contributed by atoms with van der Waals surface area (Å²) in [5, 5.41) is 10.6. The Morgan fingerprint density at radius 3 is 3.05 bits per heavy atom. The fraction of sp³-hybridized carbons (Fsp3) is 0.400. The van der Waals surface area contributed by atoms with Crippen molar-refractivity contribution in [2.75, 3.05) is 13.1 Å². The normalized spacial score (nSPS) is 23.4. The highest BCUT2D eigenvalue weighted by Crippen LogP contribution is 2.25. The fourth-order valence-electron chi connectivity index (χ4n) is 2.52. The first kappa shape index (κ1) is 13.6. The monoisotopic (exact) mass is 292 g/mol. The lowest BCUT2D eigenvalue weighted by Gasteiger charge is -2.17. The number of benzene rings is 1. The lowest BCUT2D eigenvalue weighted by atomic mass is 10.1. The van der Waals surface area contributed by atoms with Gasteiger partial charge in [0.15, 0.2) is 5.76 Å². The molecule has 5 heteroatoms. The largest absolute Gasteiger partial charge is 0.439 e. The van der Waals surface area contributed by atoms with Gasteiger partial charge in [0.1, 0.15) is 0 Å². The summed E-state index contributed by atoms with van der Waals surface area (Å²) in [4.78, 5) is 6.45. The molecule has 20 heavy (non-hydrogen) atoms. The van der Waals surface area contributed by atoms with E-state index in [1.165, 1.54) is 0 Å². The molecule has 0 saturated carbocycles. The summed E-state index contributed by atoms with van der Waals surface area (Å²) in [5.41, 5.74) is 0.326. The molecule has 0 bridgehead atoms. The molecule has 1 aromatic carbocycles. The van der Waals surface area contributed by atoms with Crippen LogP contribution in [0.3, 0.4) is 0 Å². The number of halogens is 1. The minimum Gasteiger partial charge on any atom is -0.439 e. The number of hydrogen-bond acceptors (Lipinski definition) is 4. The summed E-state index contributed by atoms with van der Waals surface area (Å²) in [6.45, 7) is 4.00. The summed E-state index contributed by atoms with van der Waals surface area (Å²) in [6.07, 6.45) is 2.50. The highest BCUT2D eigenvalue weighted by Gasteiger charge is 2.31. The van der Waals surface area contributed by atoms with Crippen molar-refractivity contribution in [2.45, 2.75) is 25.5 Å². The van der Waals surface area contributed by atoms with Crippen molar-refractivity contribution in [2.24, 2.45) is 0 Å². The van der Waals surface area contributed by atoms with Crippen LogP contribution in [0.25, 0.3) is 11.3 Å². The zero-order valence-corrected chi connectivity index (χ0v) is 12.1. The Balaban J connectivity index is 1.71. The Hall–Kier alpha value is -1.36. The summed E-state index contributed by atoms with van der Waals surface area (Å²) in [7, 11) is 0. The van der Waals surface area contributed by atoms with E-state index in [1.807, 2.05) is 31.2 Å². The third-order valence-electron chi connectivity index (χ3n) is 3.55.